The van der Waals surface area contributed by atoms with Gasteiger partial charge in [0, 0.05) is 13.0 Å². The van der Waals surface area contributed by atoms with E-state index in [0.717, 1.165) is 28.4 Å². The standard InChI is InChI=1S/C20H20N2O2S/c1-14-19(25-18(22-14)12-15-6-4-3-5-7-15)20(23)21-13-16-8-10-17(24-2)11-9-16/h3-11H,12-13H2,1-2H3,(H,21,23). The molecule has 3 rings (SSSR count). The Balaban J connectivity index is 1.63. The van der Waals surface area contributed by atoms with Gasteiger partial charge < -0.3 is 10.1 Å². The zero-order valence-electron chi connectivity index (χ0n) is 14.3. The lowest BCUT2D eigenvalue weighted by Crippen LogP contribution is -2.22. The summed E-state index contributed by atoms with van der Waals surface area (Å²) in [6.07, 6.45) is 0.748. The summed E-state index contributed by atoms with van der Waals surface area (Å²) in [5, 5.41) is 3.92. The molecule has 128 valence electrons. The van der Waals surface area contributed by atoms with Crippen LogP contribution in [0.4, 0.5) is 0 Å². The number of carbonyl (C=O) groups is 1. The number of hydrogen-bond donors (Lipinski definition) is 1. The smallest absolute Gasteiger partial charge is 0.263 e. The molecule has 0 atom stereocenters. The Hall–Kier alpha value is -2.66. The van der Waals surface area contributed by atoms with Gasteiger partial charge in [-0.15, -0.1) is 11.3 Å². The second-order valence-corrected chi connectivity index (χ2v) is 6.80. The molecule has 5 heteroatoms. The molecule has 0 fully saturated rings. The van der Waals surface area contributed by atoms with Gasteiger partial charge in [0.25, 0.3) is 5.91 Å². The van der Waals surface area contributed by atoms with Crippen LogP contribution in [-0.2, 0) is 13.0 Å². The summed E-state index contributed by atoms with van der Waals surface area (Å²) < 4.78 is 5.14. The van der Waals surface area contributed by atoms with Crippen molar-refractivity contribution in [1.29, 1.82) is 0 Å². The van der Waals surface area contributed by atoms with E-state index in [0.29, 0.717) is 11.4 Å². The van der Waals surface area contributed by atoms with Gasteiger partial charge in [0.05, 0.1) is 17.8 Å². The van der Waals surface area contributed by atoms with Gasteiger partial charge in [-0.2, -0.15) is 0 Å². The van der Waals surface area contributed by atoms with E-state index in [2.05, 4.69) is 22.4 Å². The molecule has 1 aromatic heterocycles. The van der Waals surface area contributed by atoms with Gasteiger partial charge in [-0.25, -0.2) is 4.98 Å². The number of aromatic nitrogens is 1. The van der Waals surface area contributed by atoms with Gasteiger partial charge >= 0.3 is 0 Å². The first kappa shape index (κ1) is 17.2. The van der Waals surface area contributed by atoms with E-state index in [1.165, 1.54) is 16.9 Å². The van der Waals surface area contributed by atoms with Crippen LogP contribution in [0.5, 0.6) is 5.75 Å². The van der Waals surface area contributed by atoms with E-state index < -0.39 is 0 Å². The zero-order valence-corrected chi connectivity index (χ0v) is 15.1. The van der Waals surface area contributed by atoms with Crippen LogP contribution in [0.1, 0.15) is 31.5 Å². The van der Waals surface area contributed by atoms with Crippen LogP contribution in [0.3, 0.4) is 0 Å². The predicted octanol–water partition coefficient (Wildman–Crippen LogP) is 3.98. The third-order valence-electron chi connectivity index (χ3n) is 3.86. The topological polar surface area (TPSA) is 51.2 Å². The lowest BCUT2D eigenvalue weighted by atomic mass is 10.2. The molecule has 0 saturated carbocycles. The number of ether oxygens (including phenoxy) is 1. The van der Waals surface area contributed by atoms with Gasteiger partial charge in [0.1, 0.15) is 10.6 Å². The molecule has 0 radical (unpaired) electrons. The largest absolute Gasteiger partial charge is 0.497 e. The van der Waals surface area contributed by atoms with Crippen molar-refractivity contribution in [3.05, 3.63) is 81.3 Å². The normalized spacial score (nSPS) is 10.5. The lowest BCUT2D eigenvalue weighted by Gasteiger charge is -2.05. The average Bonchev–Trinajstić information content (AvgIpc) is 3.01. The van der Waals surface area contributed by atoms with E-state index in [9.17, 15) is 4.79 Å². The molecule has 3 aromatic rings. The summed E-state index contributed by atoms with van der Waals surface area (Å²) in [7, 11) is 1.64. The van der Waals surface area contributed by atoms with E-state index in [-0.39, 0.29) is 5.91 Å². The monoisotopic (exact) mass is 352 g/mol. The minimum Gasteiger partial charge on any atom is -0.497 e. The summed E-state index contributed by atoms with van der Waals surface area (Å²) in [4.78, 5) is 17.7. The van der Waals surface area contributed by atoms with Crippen molar-refractivity contribution in [3.8, 4) is 5.75 Å². The maximum atomic E-state index is 12.5. The highest BCUT2D eigenvalue weighted by molar-refractivity contribution is 7.13. The predicted molar refractivity (Wildman–Crippen MR) is 100 cm³/mol. The third-order valence-corrected chi connectivity index (χ3v) is 5.01. The number of nitrogens with one attached hydrogen (secondary N) is 1. The summed E-state index contributed by atoms with van der Waals surface area (Å²) in [5.41, 5.74) is 3.01. The van der Waals surface area contributed by atoms with Gasteiger partial charge in [-0.3, -0.25) is 4.79 Å². The number of benzene rings is 2. The first-order valence-corrected chi connectivity index (χ1v) is 8.88. The third kappa shape index (κ3) is 4.45. The van der Waals surface area contributed by atoms with Crippen molar-refractivity contribution in [2.45, 2.75) is 19.9 Å². The SMILES string of the molecule is COc1ccc(CNC(=O)c2sc(Cc3ccccc3)nc2C)cc1. The first-order valence-electron chi connectivity index (χ1n) is 8.07. The van der Waals surface area contributed by atoms with Crippen LogP contribution in [0, 0.1) is 6.92 Å². The molecule has 25 heavy (non-hydrogen) atoms. The van der Waals surface area contributed by atoms with Crippen molar-refractivity contribution < 1.29 is 9.53 Å². The molecular weight excluding hydrogens is 332 g/mol. The Morgan fingerprint density at radius 1 is 1.08 bits per heavy atom. The van der Waals surface area contributed by atoms with E-state index >= 15 is 0 Å². The number of aryl methyl sites for hydroxylation is 1. The maximum absolute atomic E-state index is 12.5. The maximum Gasteiger partial charge on any atom is 0.263 e. The zero-order chi connectivity index (χ0) is 17.6. The van der Waals surface area contributed by atoms with Gasteiger partial charge in [0.15, 0.2) is 0 Å². The molecule has 2 aromatic carbocycles. The molecule has 4 nitrogen and oxygen atoms in total. The quantitative estimate of drug-likeness (QED) is 0.730. The fourth-order valence-corrected chi connectivity index (χ4v) is 3.53. The number of hydrogen-bond acceptors (Lipinski definition) is 4. The van der Waals surface area contributed by atoms with Crippen LogP contribution < -0.4 is 10.1 Å². The Morgan fingerprint density at radius 3 is 2.48 bits per heavy atom. The molecule has 0 bridgehead atoms. The average molecular weight is 352 g/mol. The van der Waals surface area contributed by atoms with Crippen LogP contribution in [0.15, 0.2) is 54.6 Å². The summed E-state index contributed by atoms with van der Waals surface area (Å²) in [6.45, 7) is 2.36. The van der Waals surface area contributed by atoms with E-state index in [1.54, 1.807) is 7.11 Å². The first-order chi connectivity index (χ1) is 12.2. The highest BCUT2D eigenvalue weighted by Gasteiger charge is 2.15. The highest BCUT2D eigenvalue weighted by Crippen LogP contribution is 2.21. The van der Waals surface area contributed by atoms with Crippen molar-refractivity contribution >= 4 is 17.2 Å². The number of carbonyl (C=O) groups excluding carboxylic acids is 1. The lowest BCUT2D eigenvalue weighted by molar-refractivity contribution is 0.0954. The van der Waals surface area contributed by atoms with Gasteiger partial charge in [0.2, 0.25) is 0 Å². The number of methoxy groups -OCH3 is 1. The Bertz CT molecular complexity index is 842. The second kappa shape index (κ2) is 7.94. The Labute approximate surface area is 151 Å². The molecular formula is C20H20N2O2S. The fraction of sp³-hybridized carbons (Fsp3) is 0.200. The molecule has 0 aliphatic carbocycles. The molecule has 0 saturated heterocycles. The highest BCUT2D eigenvalue weighted by atomic mass is 32.1. The molecule has 1 heterocycles. The van der Waals surface area contributed by atoms with E-state index in [1.807, 2.05) is 49.4 Å². The number of rotatable bonds is 6. The second-order valence-electron chi connectivity index (χ2n) is 5.72. The minimum absolute atomic E-state index is 0.0786. The molecule has 1 N–H and O–H groups in total. The molecule has 1 amide bonds. The van der Waals surface area contributed by atoms with Gasteiger partial charge in [-0.05, 0) is 30.2 Å². The number of nitrogens with zero attached hydrogens (tertiary/aromatic N) is 1. The Morgan fingerprint density at radius 2 is 1.80 bits per heavy atom. The number of thiazole rings is 1. The fourth-order valence-electron chi connectivity index (χ4n) is 2.52. The Kier molecular flexibility index (Phi) is 5.46. The van der Waals surface area contributed by atoms with Gasteiger partial charge in [-0.1, -0.05) is 42.5 Å². The summed E-state index contributed by atoms with van der Waals surface area (Å²) in [6, 6.07) is 17.8. The van der Waals surface area contributed by atoms with Crippen molar-refractivity contribution in [2.24, 2.45) is 0 Å². The minimum atomic E-state index is -0.0786. The van der Waals surface area contributed by atoms with Crippen LogP contribution in [0.2, 0.25) is 0 Å². The van der Waals surface area contributed by atoms with Crippen molar-refractivity contribution in [2.75, 3.05) is 7.11 Å². The van der Waals surface area contributed by atoms with Crippen molar-refractivity contribution in [3.63, 3.8) is 0 Å². The van der Waals surface area contributed by atoms with Crippen LogP contribution in [-0.4, -0.2) is 18.0 Å². The molecule has 0 unspecified atom stereocenters. The number of amides is 1. The van der Waals surface area contributed by atoms with Crippen LogP contribution >= 0.6 is 11.3 Å². The van der Waals surface area contributed by atoms with Crippen LogP contribution in [0.25, 0.3) is 0 Å². The molecule has 0 aliphatic heterocycles. The van der Waals surface area contributed by atoms with Crippen molar-refractivity contribution in [1.82, 2.24) is 10.3 Å². The summed E-state index contributed by atoms with van der Waals surface area (Å²) >= 11 is 1.46. The summed E-state index contributed by atoms with van der Waals surface area (Å²) in [5.74, 6) is 0.726. The molecule has 0 aliphatic rings. The molecule has 0 spiro atoms. The van der Waals surface area contributed by atoms with E-state index in [4.69, 9.17) is 4.74 Å².